The molecule has 5 nitrogen and oxygen atoms in total. The number of anilines is 1. The molecule has 8 heteroatoms. The number of nitrogen functional groups attached to an aromatic ring is 1. The molecular weight excluding hydrogens is 287 g/mol. The molecule has 1 heterocycles. The van der Waals surface area contributed by atoms with Crippen LogP contribution in [0.5, 0.6) is 0 Å². The topological polar surface area (TPSA) is 70.1 Å². The van der Waals surface area contributed by atoms with Crippen molar-refractivity contribution in [2.24, 2.45) is 7.05 Å². The lowest BCUT2D eigenvalue weighted by Crippen LogP contribution is -2.14. The number of esters is 1. The second-order valence-corrected chi connectivity index (χ2v) is 4.28. The fraction of sp³-hybridized carbons (Fsp3) is 0.231. The lowest BCUT2D eigenvalue weighted by molar-refractivity contribution is -0.137. The van der Waals surface area contributed by atoms with Gasteiger partial charge in [0.05, 0.1) is 29.6 Å². The summed E-state index contributed by atoms with van der Waals surface area (Å²) in [5.74, 6) is -0.801. The Hall–Kier alpha value is -2.51. The number of rotatable bonds is 2. The monoisotopic (exact) mass is 299 g/mol. The third kappa shape index (κ3) is 2.56. The molecule has 0 aliphatic rings. The van der Waals surface area contributed by atoms with Crippen LogP contribution in [0.2, 0.25) is 0 Å². The molecule has 0 bridgehead atoms. The molecule has 0 atom stereocenters. The van der Waals surface area contributed by atoms with Gasteiger partial charge in [-0.15, -0.1) is 0 Å². The van der Waals surface area contributed by atoms with E-state index in [9.17, 15) is 18.0 Å². The zero-order chi connectivity index (χ0) is 15.8. The van der Waals surface area contributed by atoms with E-state index in [4.69, 9.17) is 5.73 Å². The lowest BCUT2D eigenvalue weighted by Gasteiger charge is -2.17. The van der Waals surface area contributed by atoms with Crippen LogP contribution in [0.1, 0.15) is 15.9 Å². The maximum atomic E-state index is 13.2. The minimum Gasteiger partial charge on any atom is -0.465 e. The smallest absolute Gasteiger partial charge is 0.417 e. The average molecular weight is 299 g/mol. The summed E-state index contributed by atoms with van der Waals surface area (Å²) in [6.45, 7) is 0. The van der Waals surface area contributed by atoms with Crippen molar-refractivity contribution in [3.63, 3.8) is 0 Å². The lowest BCUT2D eigenvalue weighted by atomic mass is 9.97. The van der Waals surface area contributed by atoms with Gasteiger partial charge in [-0.25, -0.2) is 4.79 Å². The van der Waals surface area contributed by atoms with E-state index in [1.54, 1.807) is 0 Å². The van der Waals surface area contributed by atoms with Gasteiger partial charge in [0, 0.05) is 18.8 Å². The minimum atomic E-state index is -4.61. The van der Waals surface area contributed by atoms with E-state index in [-0.39, 0.29) is 22.5 Å². The second kappa shape index (κ2) is 5.12. The molecule has 2 rings (SSSR count). The maximum Gasteiger partial charge on any atom is 0.417 e. The van der Waals surface area contributed by atoms with Gasteiger partial charge in [0.2, 0.25) is 0 Å². The number of hydrogen-bond donors (Lipinski definition) is 1. The number of alkyl halides is 3. The minimum absolute atomic E-state index is 0.123. The molecule has 0 amide bonds. The summed E-state index contributed by atoms with van der Waals surface area (Å²) in [4.78, 5) is 11.6. The van der Waals surface area contributed by atoms with Crippen molar-refractivity contribution in [2.45, 2.75) is 6.18 Å². The van der Waals surface area contributed by atoms with Gasteiger partial charge in [0.25, 0.3) is 0 Å². The van der Waals surface area contributed by atoms with Gasteiger partial charge in [-0.3, -0.25) is 4.68 Å². The first kappa shape index (κ1) is 14.9. The fourth-order valence-electron chi connectivity index (χ4n) is 2.04. The summed E-state index contributed by atoms with van der Waals surface area (Å²) in [7, 11) is 2.61. The number of nitrogens with two attached hydrogens (primary N) is 1. The Bertz CT molecular complexity index is 692. The highest BCUT2D eigenvalue weighted by atomic mass is 19.4. The second-order valence-electron chi connectivity index (χ2n) is 4.28. The number of aromatic nitrogens is 2. The number of aryl methyl sites for hydroxylation is 1. The van der Waals surface area contributed by atoms with Crippen LogP contribution in [-0.2, 0) is 18.0 Å². The summed E-state index contributed by atoms with van der Waals surface area (Å²) in [5.41, 5.74) is 4.30. The number of hydrogen-bond acceptors (Lipinski definition) is 4. The largest absolute Gasteiger partial charge is 0.465 e. The van der Waals surface area contributed by atoms with Crippen LogP contribution in [0.3, 0.4) is 0 Å². The van der Waals surface area contributed by atoms with Gasteiger partial charge in [0.15, 0.2) is 0 Å². The molecule has 0 aliphatic carbocycles. The van der Waals surface area contributed by atoms with Crippen LogP contribution in [0.25, 0.3) is 11.3 Å². The Balaban J connectivity index is 2.80. The van der Waals surface area contributed by atoms with Gasteiger partial charge in [0.1, 0.15) is 0 Å². The van der Waals surface area contributed by atoms with Crippen molar-refractivity contribution in [1.82, 2.24) is 9.78 Å². The summed E-state index contributed by atoms with van der Waals surface area (Å²) < 4.78 is 45.3. The van der Waals surface area contributed by atoms with Gasteiger partial charge < -0.3 is 10.5 Å². The zero-order valence-corrected chi connectivity index (χ0v) is 11.2. The molecular formula is C13H12F3N3O2. The molecule has 1 aromatic carbocycles. The first-order valence-corrected chi connectivity index (χ1v) is 5.83. The van der Waals surface area contributed by atoms with Crippen molar-refractivity contribution in [1.29, 1.82) is 0 Å². The third-order valence-electron chi connectivity index (χ3n) is 3.03. The molecule has 1 aromatic heterocycles. The SMILES string of the molecule is COC(=O)c1ccc(C(F)(F)F)c(-c2ccnn2C)c1N. The summed E-state index contributed by atoms with van der Waals surface area (Å²) in [6.07, 6.45) is -3.26. The highest BCUT2D eigenvalue weighted by molar-refractivity contribution is 5.99. The summed E-state index contributed by atoms with van der Waals surface area (Å²) in [5, 5.41) is 3.83. The van der Waals surface area contributed by atoms with Crippen LogP contribution in [0, 0.1) is 0 Å². The van der Waals surface area contributed by atoms with Crippen molar-refractivity contribution >= 4 is 11.7 Å². The molecule has 0 saturated heterocycles. The predicted molar refractivity (Wildman–Crippen MR) is 69.4 cm³/mol. The molecule has 0 spiro atoms. The summed E-state index contributed by atoms with van der Waals surface area (Å²) in [6, 6.07) is 3.21. The van der Waals surface area contributed by atoms with E-state index < -0.39 is 17.7 Å². The number of halogens is 3. The molecule has 21 heavy (non-hydrogen) atoms. The van der Waals surface area contributed by atoms with Crippen molar-refractivity contribution in [2.75, 3.05) is 12.8 Å². The van der Waals surface area contributed by atoms with Crippen molar-refractivity contribution < 1.29 is 22.7 Å². The van der Waals surface area contributed by atoms with E-state index >= 15 is 0 Å². The molecule has 0 unspecified atom stereocenters. The quantitative estimate of drug-likeness (QED) is 0.683. The standard InChI is InChI=1S/C13H12F3N3O2/c1-19-9(5-6-18-19)10-8(13(14,15)16)4-3-7(11(10)17)12(20)21-2/h3-6H,17H2,1-2H3. The van der Waals surface area contributed by atoms with Crippen LogP contribution in [0.15, 0.2) is 24.4 Å². The average Bonchev–Trinajstić information content (AvgIpc) is 2.82. The van der Waals surface area contributed by atoms with Crippen LogP contribution in [-0.4, -0.2) is 22.9 Å². The molecule has 0 aliphatic heterocycles. The van der Waals surface area contributed by atoms with Crippen LogP contribution >= 0.6 is 0 Å². The Morgan fingerprint density at radius 2 is 2.00 bits per heavy atom. The molecule has 112 valence electrons. The Morgan fingerprint density at radius 3 is 2.48 bits per heavy atom. The Labute approximate surface area is 118 Å². The number of carbonyl (C=O) groups excluding carboxylic acids is 1. The maximum absolute atomic E-state index is 13.2. The van der Waals surface area contributed by atoms with Gasteiger partial charge in [-0.2, -0.15) is 18.3 Å². The number of carbonyl (C=O) groups is 1. The first-order valence-electron chi connectivity index (χ1n) is 5.83. The van der Waals surface area contributed by atoms with Crippen LogP contribution < -0.4 is 5.73 Å². The van der Waals surface area contributed by atoms with Crippen molar-refractivity contribution in [3.8, 4) is 11.3 Å². The molecule has 2 N–H and O–H groups in total. The van der Waals surface area contributed by atoms with Gasteiger partial charge in [-0.1, -0.05) is 0 Å². The predicted octanol–water partition coefficient (Wildman–Crippen LogP) is 2.47. The van der Waals surface area contributed by atoms with Gasteiger partial charge >= 0.3 is 12.1 Å². The van der Waals surface area contributed by atoms with Crippen molar-refractivity contribution in [3.05, 3.63) is 35.5 Å². The van der Waals surface area contributed by atoms with E-state index in [1.165, 1.54) is 24.0 Å². The normalized spacial score (nSPS) is 11.5. The summed E-state index contributed by atoms with van der Waals surface area (Å²) >= 11 is 0. The number of ether oxygens (including phenoxy) is 1. The Kier molecular flexibility index (Phi) is 3.63. The molecule has 0 radical (unpaired) electrons. The van der Waals surface area contributed by atoms with Gasteiger partial charge in [-0.05, 0) is 18.2 Å². The van der Waals surface area contributed by atoms with E-state index in [1.807, 2.05) is 0 Å². The number of nitrogens with zero attached hydrogens (tertiary/aromatic N) is 2. The Morgan fingerprint density at radius 1 is 1.33 bits per heavy atom. The van der Waals surface area contributed by atoms with E-state index in [0.717, 1.165) is 19.2 Å². The number of benzene rings is 1. The van der Waals surface area contributed by atoms with E-state index in [0.29, 0.717) is 0 Å². The van der Waals surface area contributed by atoms with E-state index in [2.05, 4.69) is 9.84 Å². The molecule has 2 aromatic rings. The molecule has 0 saturated carbocycles. The zero-order valence-electron chi connectivity index (χ0n) is 11.2. The molecule has 0 fully saturated rings. The fourth-order valence-corrected chi connectivity index (χ4v) is 2.04. The first-order chi connectivity index (χ1) is 9.77. The number of methoxy groups -OCH3 is 1. The highest BCUT2D eigenvalue weighted by Crippen LogP contribution is 2.41. The third-order valence-corrected chi connectivity index (χ3v) is 3.03. The highest BCUT2D eigenvalue weighted by Gasteiger charge is 2.36. The van der Waals surface area contributed by atoms with Crippen LogP contribution in [0.4, 0.5) is 18.9 Å².